The van der Waals surface area contributed by atoms with Crippen molar-refractivity contribution < 1.29 is 0 Å². The van der Waals surface area contributed by atoms with Crippen molar-refractivity contribution in [3.63, 3.8) is 0 Å². The minimum atomic E-state index is 0. The molecule has 6 heteroatoms. The molecule has 0 atom stereocenters. The number of rotatable bonds is 8. The topological polar surface area (TPSA) is 58.4 Å². The van der Waals surface area contributed by atoms with Gasteiger partial charge < -0.3 is 15.2 Å². The van der Waals surface area contributed by atoms with Crippen LogP contribution >= 0.6 is 24.0 Å². The highest BCUT2D eigenvalue weighted by Crippen LogP contribution is 2.19. The first-order chi connectivity index (χ1) is 14.2. The molecule has 1 heterocycles. The smallest absolute Gasteiger partial charge is 0.250 e. The Hall–Kier alpha value is -2.09. The molecule has 2 N–H and O–H groups in total. The van der Waals surface area contributed by atoms with Gasteiger partial charge >= 0.3 is 0 Å². The van der Waals surface area contributed by atoms with E-state index in [9.17, 15) is 4.79 Å². The molecular weight excluding hydrogens is 487 g/mol. The SMILES string of the molecule is CCNC(=NCc1ccc(Cn2ccccc2=O)cc1)NCCC1=CCCCC1.I. The molecule has 0 radical (unpaired) electrons. The molecule has 1 aliphatic rings. The van der Waals surface area contributed by atoms with Crippen molar-refractivity contribution in [3.8, 4) is 0 Å². The summed E-state index contributed by atoms with van der Waals surface area (Å²) in [5, 5.41) is 6.77. The number of hydrogen-bond donors (Lipinski definition) is 2. The highest BCUT2D eigenvalue weighted by atomic mass is 127. The monoisotopic (exact) mass is 520 g/mol. The quantitative estimate of drug-likeness (QED) is 0.234. The average molecular weight is 520 g/mol. The Morgan fingerprint density at radius 2 is 1.87 bits per heavy atom. The van der Waals surface area contributed by atoms with Crippen molar-refractivity contribution in [2.24, 2.45) is 4.99 Å². The van der Waals surface area contributed by atoms with Gasteiger partial charge in [0.15, 0.2) is 5.96 Å². The maximum atomic E-state index is 11.8. The van der Waals surface area contributed by atoms with Gasteiger partial charge in [-0.25, -0.2) is 4.99 Å². The molecule has 1 aliphatic carbocycles. The summed E-state index contributed by atoms with van der Waals surface area (Å²) >= 11 is 0. The van der Waals surface area contributed by atoms with Crippen LogP contribution in [0, 0.1) is 0 Å². The minimum Gasteiger partial charge on any atom is -0.357 e. The Bertz CT molecular complexity index is 887. The number of benzene rings is 1. The van der Waals surface area contributed by atoms with Crippen LogP contribution in [0.15, 0.2) is 70.1 Å². The Labute approximate surface area is 196 Å². The van der Waals surface area contributed by atoms with Gasteiger partial charge in [-0.1, -0.05) is 42.0 Å². The van der Waals surface area contributed by atoms with Gasteiger partial charge in [-0.2, -0.15) is 0 Å². The zero-order valence-corrected chi connectivity index (χ0v) is 20.1. The lowest BCUT2D eigenvalue weighted by atomic mass is 9.97. The van der Waals surface area contributed by atoms with Crippen molar-refractivity contribution >= 4 is 29.9 Å². The van der Waals surface area contributed by atoms with Crippen LogP contribution in [0.5, 0.6) is 0 Å². The standard InChI is InChI=1S/C24H32N4O.HI/c1-2-25-24(26-16-15-20-8-4-3-5-9-20)27-18-21-11-13-22(14-12-21)19-28-17-7-6-10-23(28)29;/h6-8,10-14,17H,2-5,9,15-16,18-19H2,1H3,(H2,25,26,27);1H. The summed E-state index contributed by atoms with van der Waals surface area (Å²) in [6.45, 7) is 5.07. The van der Waals surface area contributed by atoms with E-state index in [-0.39, 0.29) is 29.5 Å². The normalized spacial score (nSPS) is 13.9. The summed E-state index contributed by atoms with van der Waals surface area (Å²) < 4.78 is 1.71. The summed E-state index contributed by atoms with van der Waals surface area (Å²) in [5.41, 5.74) is 3.86. The van der Waals surface area contributed by atoms with Gasteiger partial charge in [0.25, 0.3) is 5.56 Å². The third-order valence-electron chi connectivity index (χ3n) is 5.16. The van der Waals surface area contributed by atoms with E-state index in [0.29, 0.717) is 13.1 Å². The molecule has 2 aromatic rings. The molecule has 0 bridgehead atoms. The summed E-state index contributed by atoms with van der Waals surface area (Å²) in [7, 11) is 0. The van der Waals surface area contributed by atoms with Gasteiger partial charge in [-0.3, -0.25) is 4.79 Å². The fourth-order valence-corrected chi connectivity index (χ4v) is 3.52. The number of guanidine groups is 1. The van der Waals surface area contributed by atoms with E-state index in [1.54, 1.807) is 22.3 Å². The van der Waals surface area contributed by atoms with Crippen LogP contribution in [-0.4, -0.2) is 23.6 Å². The van der Waals surface area contributed by atoms with E-state index in [0.717, 1.165) is 36.6 Å². The third-order valence-corrected chi connectivity index (χ3v) is 5.16. The summed E-state index contributed by atoms with van der Waals surface area (Å²) in [5.74, 6) is 0.865. The Balaban J connectivity index is 0.00000320. The van der Waals surface area contributed by atoms with E-state index in [4.69, 9.17) is 4.99 Å². The molecule has 0 amide bonds. The lowest BCUT2D eigenvalue weighted by Crippen LogP contribution is -2.37. The molecule has 1 aromatic carbocycles. The number of nitrogens with one attached hydrogen (secondary N) is 2. The highest BCUT2D eigenvalue weighted by molar-refractivity contribution is 14.0. The van der Waals surface area contributed by atoms with Gasteiger partial charge in [0.2, 0.25) is 0 Å². The molecule has 3 rings (SSSR count). The van der Waals surface area contributed by atoms with Crippen molar-refractivity contribution in [2.75, 3.05) is 13.1 Å². The Morgan fingerprint density at radius 3 is 2.57 bits per heavy atom. The predicted octanol–water partition coefficient (Wildman–Crippen LogP) is 4.46. The summed E-state index contributed by atoms with van der Waals surface area (Å²) in [4.78, 5) is 16.6. The third kappa shape index (κ3) is 7.97. The molecular formula is C24H33IN4O. The molecule has 162 valence electrons. The molecule has 5 nitrogen and oxygen atoms in total. The van der Waals surface area contributed by atoms with Gasteiger partial charge in [-0.15, -0.1) is 24.0 Å². The van der Waals surface area contributed by atoms with Crippen LogP contribution in [0.1, 0.15) is 50.2 Å². The summed E-state index contributed by atoms with van der Waals surface area (Å²) in [6, 6.07) is 13.5. The molecule has 0 unspecified atom stereocenters. The maximum absolute atomic E-state index is 11.8. The Kier molecular flexibility index (Phi) is 10.7. The molecule has 30 heavy (non-hydrogen) atoms. The second-order valence-electron chi connectivity index (χ2n) is 7.46. The van der Waals surface area contributed by atoms with E-state index >= 15 is 0 Å². The Morgan fingerprint density at radius 1 is 1.07 bits per heavy atom. The number of aromatic nitrogens is 1. The van der Waals surface area contributed by atoms with E-state index in [2.05, 4.69) is 47.9 Å². The second kappa shape index (κ2) is 13.3. The fraction of sp³-hybridized carbons (Fsp3) is 0.417. The molecule has 0 saturated carbocycles. The number of hydrogen-bond acceptors (Lipinski definition) is 2. The van der Waals surface area contributed by atoms with E-state index in [1.807, 2.05) is 12.3 Å². The molecule has 0 spiro atoms. The van der Waals surface area contributed by atoms with Crippen LogP contribution < -0.4 is 16.2 Å². The lowest BCUT2D eigenvalue weighted by molar-refractivity contribution is 0.665. The molecule has 1 aromatic heterocycles. The number of allylic oxidation sites excluding steroid dienone is 1. The largest absolute Gasteiger partial charge is 0.357 e. The molecule has 0 aliphatic heterocycles. The minimum absolute atomic E-state index is 0. The van der Waals surface area contributed by atoms with Crippen LogP contribution in [0.25, 0.3) is 0 Å². The summed E-state index contributed by atoms with van der Waals surface area (Å²) in [6.07, 6.45) is 10.5. The number of pyridine rings is 1. The first kappa shape index (κ1) is 24.2. The lowest BCUT2D eigenvalue weighted by Gasteiger charge is -2.15. The molecule has 0 saturated heterocycles. The number of aliphatic imine (C=N–C) groups is 1. The molecule has 0 fully saturated rings. The van der Waals surface area contributed by atoms with E-state index < -0.39 is 0 Å². The van der Waals surface area contributed by atoms with Crippen LogP contribution in [0.2, 0.25) is 0 Å². The average Bonchev–Trinajstić information content (AvgIpc) is 2.75. The zero-order valence-electron chi connectivity index (χ0n) is 17.8. The van der Waals surface area contributed by atoms with Crippen LogP contribution in [0.4, 0.5) is 0 Å². The number of halogens is 1. The van der Waals surface area contributed by atoms with Gasteiger partial charge in [-0.05, 0) is 56.2 Å². The van der Waals surface area contributed by atoms with Crippen LogP contribution in [-0.2, 0) is 13.1 Å². The first-order valence-corrected chi connectivity index (χ1v) is 10.7. The van der Waals surface area contributed by atoms with Gasteiger partial charge in [0.1, 0.15) is 0 Å². The first-order valence-electron chi connectivity index (χ1n) is 10.7. The van der Waals surface area contributed by atoms with Crippen molar-refractivity contribution in [3.05, 3.63) is 81.8 Å². The maximum Gasteiger partial charge on any atom is 0.250 e. The predicted molar refractivity (Wildman–Crippen MR) is 136 cm³/mol. The van der Waals surface area contributed by atoms with Gasteiger partial charge in [0.05, 0.1) is 13.1 Å². The zero-order chi connectivity index (χ0) is 20.3. The van der Waals surface area contributed by atoms with Crippen molar-refractivity contribution in [1.29, 1.82) is 0 Å². The van der Waals surface area contributed by atoms with Crippen molar-refractivity contribution in [1.82, 2.24) is 15.2 Å². The second-order valence-corrected chi connectivity index (χ2v) is 7.46. The van der Waals surface area contributed by atoms with Crippen molar-refractivity contribution in [2.45, 2.75) is 52.1 Å². The fourth-order valence-electron chi connectivity index (χ4n) is 3.52. The van der Waals surface area contributed by atoms with E-state index in [1.165, 1.54) is 25.7 Å². The van der Waals surface area contributed by atoms with Gasteiger partial charge in [0, 0.05) is 25.4 Å². The number of nitrogens with zero attached hydrogens (tertiary/aromatic N) is 2. The van der Waals surface area contributed by atoms with Crippen LogP contribution in [0.3, 0.4) is 0 Å². The highest BCUT2D eigenvalue weighted by Gasteiger charge is 2.04.